The summed E-state index contributed by atoms with van der Waals surface area (Å²) >= 11 is 0. The zero-order valence-electron chi connectivity index (χ0n) is 15.3. The van der Waals surface area contributed by atoms with Gasteiger partial charge < -0.3 is 9.47 Å². The fourth-order valence-electron chi connectivity index (χ4n) is 2.29. The van der Waals surface area contributed by atoms with E-state index in [1.807, 2.05) is 42.5 Å². The van der Waals surface area contributed by atoms with Crippen molar-refractivity contribution in [2.45, 2.75) is 26.2 Å². The van der Waals surface area contributed by atoms with E-state index in [2.05, 4.69) is 30.9 Å². The zero-order valence-corrected chi connectivity index (χ0v) is 15.3. The molecule has 0 aliphatic rings. The molecular formula is C23H26O3. The van der Waals surface area contributed by atoms with Gasteiger partial charge in [0.15, 0.2) is 0 Å². The first-order valence-corrected chi connectivity index (χ1v) is 8.94. The monoisotopic (exact) mass is 350 g/mol. The van der Waals surface area contributed by atoms with E-state index in [1.165, 1.54) is 5.56 Å². The van der Waals surface area contributed by atoms with Crippen LogP contribution in [0.2, 0.25) is 0 Å². The van der Waals surface area contributed by atoms with Gasteiger partial charge >= 0.3 is 5.97 Å². The molecule has 0 aliphatic heterocycles. The molecule has 2 aromatic carbocycles. The molecule has 0 amide bonds. The average molecular weight is 350 g/mol. The van der Waals surface area contributed by atoms with E-state index in [4.69, 9.17) is 9.47 Å². The Morgan fingerprint density at radius 1 is 0.885 bits per heavy atom. The van der Waals surface area contributed by atoms with Gasteiger partial charge in [0.25, 0.3) is 0 Å². The van der Waals surface area contributed by atoms with Crippen molar-refractivity contribution in [3.63, 3.8) is 0 Å². The number of unbranched alkanes of at least 4 members (excludes halogenated alkanes) is 2. The van der Waals surface area contributed by atoms with Crippen LogP contribution in [0.5, 0.6) is 5.75 Å². The molecule has 0 unspecified atom stereocenters. The highest BCUT2D eigenvalue weighted by molar-refractivity contribution is 5.86. The second-order valence-corrected chi connectivity index (χ2v) is 6.14. The summed E-state index contributed by atoms with van der Waals surface area (Å²) in [6.45, 7) is 6.30. The summed E-state index contributed by atoms with van der Waals surface area (Å²) in [5.74, 6) is 0.554. The fraction of sp³-hybridized carbons (Fsp3) is 0.261. The Morgan fingerprint density at radius 3 is 2.15 bits per heavy atom. The molecule has 0 aromatic heterocycles. The number of esters is 1. The fourth-order valence-corrected chi connectivity index (χ4v) is 2.29. The highest BCUT2D eigenvalue weighted by atomic mass is 16.5. The zero-order chi connectivity index (χ0) is 18.6. The summed E-state index contributed by atoms with van der Waals surface area (Å²) in [6, 6.07) is 18.3. The lowest BCUT2D eigenvalue weighted by Crippen LogP contribution is -2.06. The summed E-state index contributed by atoms with van der Waals surface area (Å²) in [5.41, 5.74) is 2.76. The maximum absolute atomic E-state index is 11.2. The van der Waals surface area contributed by atoms with Crippen LogP contribution in [0.3, 0.4) is 0 Å². The standard InChI is InChI=1S/C23H26O3/c1-19(2)23(24)26-18-8-4-7-17-25-22-15-13-21(14-16-22)12-11-20-9-5-3-6-10-20/h3,5-6,9-16H,1,4,7-8,17-18H2,2H3/b12-11+. The number of ether oxygens (including phenoxy) is 2. The molecule has 0 spiro atoms. The third-order valence-electron chi connectivity index (χ3n) is 3.79. The summed E-state index contributed by atoms with van der Waals surface area (Å²) in [7, 11) is 0. The summed E-state index contributed by atoms with van der Waals surface area (Å²) in [5, 5.41) is 0. The maximum Gasteiger partial charge on any atom is 0.333 e. The van der Waals surface area contributed by atoms with Crippen molar-refractivity contribution in [3.8, 4) is 5.75 Å². The molecule has 3 heteroatoms. The lowest BCUT2D eigenvalue weighted by molar-refractivity contribution is -0.139. The Bertz CT molecular complexity index is 715. The van der Waals surface area contributed by atoms with Crippen LogP contribution in [0.15, 0.2) is 66.7 Å². The predicted molar refractivity (Wildman–Crippen MR) is 107 cm³/mol. The van der Waals surface area contributed by atoms with Crippen LogP contribution < -0.4 is 4.74 Å². The quantitative estimate of drug-likeness (QED) is 0.245. The van der Waals surface area contributed by atoms with Crippen LogP contribution in [-0.2, 0) is 9.53 Å². The molecule has 0 N–H and O–H groups in total. The summed E-state index contributed by atoms with van der Waals surface area (Å²) in [6.07, 6.45) is 6.91. The van der Waals surface area contributed by atoms with Crippen LogP contribution >= 0.6 is 0 Å². The molecule has 136 valence electrons. The first-order valence-electron chi connectivity index (χ1n) is 8.94. The van der Waals surface area contributed by atoms with Gasteiger partial charge in [-0.15, -0.1) is 0 Å². The van der Waals surface area contributed by atoms with Gasteiger partial charge in [0, 0.05) is 5.57 Å². The number of carbonyl (C=O) groups excluding carboxylic acids is 1. The van der Waals surface area contributed by atoms with Gasteiger partial charge in [-0.25, -0.2) is 4.79 Å². The first-order chi connectivity index (χ1) is 12.6. The Kier molecular flexibility index (Phi) is 8.20. The van der Waals surface area contributed by atoms with E-state index in [0.29, 0.717) is 18.8 Å². The van der Waals surface area contributed by atoms with Gasteiger partial charge in [-0.1, -0.05) is 61.2 Å². The van der Waals surface area contributed by atoms with E-state index in [1.54, 1.807) is 6.92 Å². The predicted octanol–water partition coefficient (Wildman–Crippen LogP) is 5.53. The van der Waals surface area contributed by atoms with Gasteiger partial charge in [-0.3, -0.25) is 0 Å². The van der Waals surface area contributed by atoms with Gasteiger partial charge in [0.1, 0.15) is 5.75 Å². The van der Waals surface area contributed by atoms with Crippen molar-refractivity contribution in [2.24, 2.45) is 0 Å². The number of hydrogen-bond donors (Lipinski definition) is 0. The highest BCUT2D eigenvalue weighted by Crippen LogP contribution is 2.15. The van der Waals surface area contributed by atoms with Gasteiger partial charge in [-0.05, 0) is 49.4 Å². The van der Waals surface area contributed by atoms with Crippen LogP contribution in [-0.4, -0.2) is 19.2 Å². The van der Waals surface area contributed by atoms with Crippen LogP contribution in [0.1, 0.15) is 37.3 Å². The van der Waals surface area contributed by atoms with Crippen LogP contribution in [0, 0.1) is 0 Å². The van der Waals surface area contributed by atoms with E-state index in [-0.39, 0.29) is 5.97 Å². The maximum atomic E-state index is 11.2. The minimum Gasteiger partial charge on any atom is -0.494 e. The van der Waals surface area contributed by atoms with E-state index < -0.39 is 0 Å². The van der Waals surface area contributed by atoms with Gasteiger partial charge in [-0.2, -0.15) is 0 Å². The van der Waals surface area contributed by atoms with Crippen molar-refractivity contribution < 1.29 is 14.3 Å². The van der Waals surface area contributed by atoms with Crippen LogP contribution in [0.4, 0.5) is 0 Å². The molecular weight excluding hydrogens is 324 g/mol. The molecule has 2 aromatic rings. The number of hydrogen-bond acceptors (Lipinski definition) is 3. The first kappa shape index (κ1) is 19.5. The molecule has 0 fully saturated rings. The molecule has 0 bridgehead atoms. The van der Waals surface area contributed by atoms with Crippen molar-refractivity contribution in [1.29, 1.82) is 0 Å². The van der Waals surface area contributed by atoms with Crippen molar-refractivity contribution in [1.82, 2.24) is 0 Å². The number of carbonyl (C=O) groups is 1. The molecule has 0 heterocycles. The molecule has 0 saturated heterocycles. The smallest absolute Gasteiger partial charge is 0.333 e. The Labute approximate surface area is 156 Å². The molecule has 0 saturated carbocycles. The summed E-state index contributed by atoms with van der Waals surface area (Å²) in [4.78, 5) is 11.2. The third-order valence-corrected chi connectivity index (χ3v) is 3.79. The normalized spacial score (nSPS) is 10.7. The minimum absolute atomic E-state index is 0.317. The van der Waals surface area contributed by atoms with Crippen LogP contribution in [0.25, 0.3) is 12.2 Å². The number of rotatable bonds is 10. The largest absolute Gasteiger partial charge is 0.494 e. The van der Waals surface area contributed by atoms with Gasteiger partial charge in [0.05, 0.1) is 13.2 Å². The third kappa shape index (κ3) is 7.39. The Balaban J connectivity index is 1.63. The van der Waals surface area contributed by atoms with Crippen molar-refractivity contribution in [3.05, 3.63) is 77.9 Å². The van der Waals surface area contributed by atoms with E-state index >= 15 is 0 Å². The van der Waals surface area contributed by atoms with E-state index in [0.717, 1.165) is 30.6 Å². The Morgan fingerprint density at radius 2 is 1.50 bits per heavy atom. The molecule has 0 atom stereocenters. The van der Waals surface area contributed by atoms with Crippen molar-refractivity contribution >= 4 is 18.1 Å². The second kappa shape index (κ2) is 10.9. The topological polar surface area (TPSA) is 35.5 Å². The van der Waals surface area contributed by atoms with E-state index in [9.17, 15) is 4.79 Å². The SMILES string of the molecule is C=C(C)C(=O)OCCCCCOc1ccc(/C=C/c2ccccc2)cc1. The molecule has 0 radical (unpaired) electrons. The summed E-state index contributed by atoms with van der Waals surface area (Å²) < 4.78 is 10.8. The molecule has 2 rings (SSSR count). The molecule has 0 aliphatic carbocycles. The lowest BCUT2D eigenvalue weighted by atomic mass is 10.1. The second-order valence-electron chi connectivity index (χ2n) is 6.14. The molecule has 3 nitrogen and oxygen atoms in total. The van der Waals surface area contributed by atoms with Gasteiger partial charge in [0.2, 0.25) is 0 Å². The highest BCUT2D eigenvalue weighted by Gasteiger charge is 2.02. The van der Waals surface area contributed by atoms with Crippen molar-refractivity contribution in [2.75, 3.05) is 13.2 Å². The Hall–Kier alpha value is -2.81. The minimum atomic E-state index is -0.317. The molecule has 26 heavy (non-hydrogen) atoms. The lowest BCUT2D eigenvalue weighted by Gasteiger charge is -2.07. The number of benzene rings is 2. The average Bonchev–Trinajstić information content (AvgIpc) is 2.67.